The Hall–Kier alpha value is -3.63. The molecule has 42 heavy (non-hydrogen) atoms. The number of carbonyl (C=O) groups is 2. The van der Waals surface area contributed by atoms with Crippen LogP contribution in [0.2, 0.25) is 0 Å². The lowest BCUT2D eigenvalue weighted by molar-refractivity contribution is -0.140. The van der Waals surface area contributed by atoms with Gasteiger partial charge in [0.15, 0.2) is 0 Å². The number of benzene rings is 2. The average Bonchev–Trinajstić information content (AvgIpc) is 3.61. The van der Waals surface area contributed by atoms with Gasteiger partial charge in [0.1, 0.15) is 24.1 Å². The lowest BCUT2D eigenvalue weighted by Crippen LogP contribution is -2.49. The van der Waals surface area contributed by atoms with E-state index >= 15 is 0 Å². The molecule has 3 aromatic rings. The summed E-state index contributed by atoms with van der Waals surface area (Å²) in [5, 5.41) is 13.0. The monoisotopic (exact) mass is 581 g/mol. The van der Waals surface area contributed by atoms with Crippen molar-refractivity contribution in [2.75, 3.05) is 13.2 Å². The Morgan fingerprint density at radius 1 is 1.14 bits per heavy atom. The van der Waals surface area contributed by atoms with Gasteiger partial charge in [-0.2, -0.15) is 0 Å². The summed E-state index contributed by atoms with van der Waals surface area (Å²) in [5.41, 5.74) is 6.82. The number of hydrogen-bond donors (Lipinski definition) is 3. The Morgan fingerprint density at radius 2 is 1.83 bits per heavy atom. The van der Waals surface area contributed by atoms with Gasteiger partial charge in [0, 0.05) is 30.9 Å². The fourth-order valence-corrected chi connectivity index (χ4v) is 5.65. The summed E-state index contributed by atoms with van der Waals surface area (Å²) < 4.78 is 30.9. The number of halogens is 2. The summed E-state index contributed by atoms with van der Waals surface area (Å²) in [6, 6.07) is 11.4. The minimum atomic E-state index is -0.846. The zero-order chi connectivity index (χ0) is 30.4. The standard InChI is InChI=1S/C32H41F2N5O3/c1-32(2,3)29(39(28(41)20-40)16-15-26(35)31(42)36-23-11-7-8-12-23)30-37-27(24-17-22(33)13-14-25(24)34)19-38(30)18-21-9-5-4-6-10-21/h4-6,9-10,13-14,17,19,23,26,29,40H,7-8,11-12,15-16,18,20,35H2,1-3H3,(H,36,42)/t26-,29-/m0/s1. The molecule has 1 saturated carbocycles. The third kappa shape index (κ3) is 7.60. The molecule has 0 radical (unpaired) electrons. The molecule has 0 unspecified atom stereocenters. The predicted molar refractivity (Wildman–Crippen MR) is 157 cm³/mol. The molecule has 0 aliphatic heterocycles. The van der Waals surface area contributed by atoms with E-state index < -0.39 is 41.6 Å². The maximum absolute atomic E-state index is 14.9. The number of amides is 2. The van der Waals surface area contributed by atoms with E-state index in [4.69, 9.17) is 10.7 Å². The number of nitrogens with one attached hydrogen (secondary N) is 1. The van der Waals surface area contributed by atoms with Crippen molar-refractivity contribution in [2.45, 2.75) is 77.5 Å². The predicted octanol–water partition coefficient (Wildman–Crippen LogP) is 4.56. The molecule has 1 heterocycles. The quantitative estimate of drug-likeness (QED) is 0.307. The molecule has 0 spiro atoms. The second-order valence-corrected chi connectivity index (χ2v) is 12.1. The van der Waals surface area contributed by atoms with Gasteiger partial charge >= 0.3 is 0 Å². The second kappa shape index (κ2) is 13.6. The molecule has 0 saturated heterocycles. The van der Waals surface area contributed by atoms with Gasteiger partial charge in [-0.05, 0) is 48.4 Å². The molecular formula is C32H41F2N5O3. The Bertz CT molecular complexity index is 1370. The van der Waals surface area contributed by atoms with Gasteiger partial charge in [-0.15, -0.1) is 0 Å². The van der Waals surface area contributed by atoms with Crippen molar-refractivity contribution < 1.29 is 23.5 Å². The summed E-state index contributed by atoms with van der Waals surface area (Å²) >= 11 is 0. The minimum Gasteiger partial charge on any atom is -0.387 e. The summed E-state index contributed by atoms with van der Waals surface area (Å²) in [6.45, 7) is 5.50. The first kappa shape index (κ1) is 31.3. The molecule has 2 atom stereocenters. The molecule has 0 bridgehead atoms. The third-order valence-corrected chi connectivity index (χ3v) is 7.76. The van der Waals surface area contributed by atoms with E-state index in [9.17, 15) is 23.5 Å². The van der Waals surface area contributed by atoms with Crippen molar-refractivity contribution in [3.8, 4) is 11.3 Å². The van der Waals surface area contributed by atoms with Crippen LogP contribution in [0.5, 0.6) is 0 Å². The van der Waals surface area contributed by atoms with Gasteiger partial charge in [0.2, 0.25) is 11.8 Å². The zero-order valence-electron chi connectivity index (χ0n) is 24.5. The largest absolute Gasteiger partial charge is 0.387 e. The molecule has 1 fully saturated rings. The number of hydrogen-bond acceptors (Lipinski definition) is 5. The molecule has 1 aromatic heterocycles. The Balaban J connectivity index is 1.72. The van der Waals surface area contributed by atoms with Crippen molar-refractivity contribution in [2.24, 2.45) is 11.1 Å². The number of aliphatic hydroxyl groups is 1. The maximum Gasteiger partial charge on any atom is 0.248 e. The lowest BCUT2D eigenvalue weighted by atomic mass is 9.84. The first-order valence-electron chi connectivity index (χ1n) is 14.5. The smallest absolute Gasteiger partial charge is 0.248 e. The molecule has 10 heteroatoms. The molecule has 8 nitrogen and oxygen atoms in total. The topological polar surface area (TPSA) is 113 Å². The molecule has 2 amide bonds. The van der Waals surface area contributed by atoms with E-state index in [1.54, 1.807) is 6.20 Å². The number of aliphatic hydroxyl groups excluding tert-OH is 1. The molecule has 1 aliphatic rings. The summed E-state index contributed by atoms with van der Waals surface area (Å²) in [6.07, 6.45) is 5.83. The van der Waals surface area contributed by atoms with Gasteiger partial charge in [-0.3, -0.25) is 9.59 Å². The Labute approximate surface area is 245 Å². The van der Waals surface area contributed by atoms with Crippen LogP contribution in [-0.2, 0) is 16.1 Å². The number of carbonyl (C=O) groups excluding carboxylic acids is 2. The van der Waals surface area contributed by atoms with E-state index in [0.29, 0.717) is 12.4 Å². The van der Waals surface area contributed by atoms with Gasteiger partial charge in [-0.1, -0.05) is 63.9 Å². The van der Waals surface area contributed by atoms with Crippen LogP contribution in [0.3, 0.4) is 0 Å². The second-order valence-electron chi connectivity index (χ2n) is 12.1. The average molecular weight is 582 g/mol. The van der Waals surface area contributed by atoms with Gasteiger partial charge in [0.25, 0.3) is 0 Å². The molecule has 4 N–H and O–H groups in total. The molecule has 4 rings (SSSR count). The van der Waals surface area contributed by atoms with Crippen LogP contribution in [0.15, 0.2) is 54.7 Å². The van der Waals surface area contributed by atoms with Crippen molar-refractivity contribution in [1.29, 1.82) is 0 Å². The Morgan fingerprint density at radius 3 is 2.48 bits per heavy atom. The van der Waals surface area contributed by atoms with Crippen molar-refractivity contribution in [1.82, 2.24) is 19.8 Å². The fourth-order valence-electron chi connectivity index (χ4n) is 5.65. The van der Waals surface area contributed by atoms with Crippen LogP contribution < -0.4 is 11.1 Å². The third-order valence-electron chi connectivity index (χ3n) is 7.76. The molecule has 226 valence electrons. The highest BCUT2D eigenvalue weighted by atomic mass is 19.1. The lowest BCUT2D eigenvalue weighted by Gasteiger charge is -2.40. The van der Waals surface area contributed by atoms with Crippen LogP contribution in [0.1, 0.15) is 70.3 Å². The number of aromatic nitrogens is 2. The Kier molecular flexibility index (Phi) is 10.1. The van der Waals surface area contributed by atoms with Crippen molar-refractivity contribution in [3.05, 3.63) is 77.8 Å². The van der Waals surface area contributed by atoms with E-state index in [0.717, 1.165) is 49.4 Å². The first-order valence-corrected chi connectivity index (χ1v) is 14.5. The fraction of sp³-hybridized carbons (Fsp3) is 0.469. The van der Waals surface area contributed by atoms with Crippen LogP contribution in [0, 0.1) is 17.0 Å². The first-order chi connectivity index (χ1) is 20.0. The van der Waals surface area contributed by atoms with Crippen molar-refractivity contribution in [3.63, 3.8) is 0 Å². The SMILES string of the molecule is CC(C)(C)[C@H](c1nc(-c2cc(F)ccc2F)cn1Cc1ccccc1)N(CC[C@H](N)C(=O)NC1CCCC1)C(=O)CO. The zero-order valence-corrected chi connectivity index (χ0v) is 24.5. The highest BCUT2D eigenvalue weighted by Crippen LogP contribution is 2.39. The van der Waals surface area contributed by atoms with Crippen LogP contribution in [-0.4, -0.2) is 56.6 Å². The van der Waals surface area contributed by atoms with E-state index in [2.05, 4.69) is 5.32 Å². The number of rotatable bonds is 11. The highest BCUT2D eigenvalue weighted by Gasteiger charge is 2.38. The summed E-state index contributed by atoms with van der Waals surface area (Å²) in [4.78, 5) is 32.3. The normalized spacial score (nSPS) is 15.4. The van der Waals surface area contributed by atoms with Crippen molar-refractivity contribution >= 4 is 11.8 Å². The van der Waals surface area contributed by atoms with Crippen LogP contribution in [0.25, 0.3) is 11.3 Å². The molecule has 1 aliphatic carbocycles. The number of nitrogens with zero attached hydrogens (tertiary/aromatic N) is 3. The highest BCUT2D eigenvalue weighted by molar-refractivity contribution is 5.82. The summed E-state index contributed by atoms with van der Waals surface area (Å²) in [5.74, 6) is -1.59. The van der Waals surface area contributed by atoms with E-state index in [1.807, 2.05) is 55.7 Å². The van der Waals surface area contributed by atoms with Gasteiger partial charge < -0.3 is 25.6 Å². The minimum absolute atomic E-state index is 0.00126. The van der Waals surface area contributed by atoms with Gasteiger partial charge in [0.05, 0.1) is 17.8 Å². The van der Waals surface area contributed by atoms with E-state index in [-0.39, 0.29) is 36.2 Å². The van der Waals surface area contributed by atoms with Crippen LogP contribution >= 0.6 is 0 Å². The number of nitrogens with two attached hydrogens (primary N) is 1. The molecule has 2 aromatic carbocycles. The summed E-state index contributed by atoms with van der Waals surface area (Å²) in [7, 11) is 0. The maximum atomic E-state index is 14.9. The van der Waals surface area contributed by atoms with Crippen LogP contribution in [0.4, 0.5) is 8.78 Å². The van der Waals surface area contributed by atoms with E-state index in [1.165, 1.54) is 4.90 Å². The van der Waals surface area contributed by atoms with Gasteiger partial charge in [-0.25, -0.2) is 13.8 Å². The molecular weight excluding hydrogens is 540 g/mol. The number of imidazole rings is 1.